The Morgan fingerprint density at radius 1 is 1.02 bits per heavy atom. The van der Waals surface area contributed by atoms with Gasteiger partial charge in [0.2, 0.25) is 0 Å². The van der Waals surface area contributed by atoms with Crippen LogP contribution in [0.5, 0.6) is 17.2 Å². The van der Waals surface area contributed by atoms with Crippen LogP contribution >= 0.6 is 22.9 Å². The summed E-state index contributed by atoms with van der Waals surface area (Å²) >= 11 is 7.55. The van der Waals surface area contributed by atoms with Crippen molar-refractivity contribution in [3.8, 4) is 17.2 Å². The first-order valence-corrected chi connectivity index (χ1v) is 14.9. The predicted molar refractivity (Wildman–Crippen MR) is 168 cm³/mol. The molecule has 1 aliphatic rings. The molecule has 0 saturated heterocycles. The highest BCUT2D eigenvalue weighted by Gasteiger charge is 2.35. The van der Waals surface area contributed by atoms with Gasteiger partial charge in [0.25, 0.3) is 5.56 Å². The van der Waals surface area contributed by atoms with Crippen LogP contribution in [0.25, 0.3) is 11.8 Å². The minimum Gasteiger partial charge on any atom is -0.493 e. The average molecular weight is 619 g/mol. The lowest BCUT2D eigenvalue weighted by atomic mass is 9.93. The number of methoxy groups -OCH3 is 2. The van der Waals surface area contributed by atoms with Crippen LogP contribution in [-0.2, 0) is 9.53 Å². The Balaban J connectivity index is 1.84. The summed E-state index contributed by atoms with van der Waals surface area (Å²) in [5.74, 6) is 1.00. The van der Waals surface area contributed by atoms with E-state index in [4.69, 9.17) is 35.5 Å². The van der Waals surface area contributed by atoms with E-state index in [9.17, 15) is 9.59 Å². The van der Waals surface area contributed by atoms with E-state index in [0.717, 1.165) is 5.56 Å². The quantitative estimate of drug-likeness (QED) is 0.234. The largest absolute Gasteiger partial charge is 0.493 e. The van der Waals surface area contributed by atoms with Gasteiger partial charge in [0.1, 0.15) is 5.75 Å². The number of fused-ring (bicyclic) bond motifs is 1. The fourth-order valence-electron chi connectivity index (χ4n) is 4.91. The van der Waals surface area contributed by atoms with E-state index < -0.39 is 12.0 Å². The number of carbonyl (C=O) groups is 1. The molecule has 1 aliphatic heterocycles. The van der Waals surface area contributed by atoms with Gasteiger partial charge in [-0.2, -0.15) is 0 Å². The minimum absolute atomic E-state index is 0.0832. The number of rotatable bonds is 9. The topological polar surface area (TPSA) is 88.4 Å². The lowest BCUT2D eigenvalue weighted by Gasteiger charge is -2.26. The monoisotopic (exact) mass is 618 g/mol. The number of thiazole rings is 1. The second kappa shape index (κ2) is 12.9. The molecular weight excluding hydrogens is 588 g/mol. The molecule has 0 spiro atoms. The van der Waals surface area contributed by atoms with Gasteiger partial charge < -0.3 is 18.9 Å². The Labute approximate surface area is 258 Å². The van der Waals surface area contributed by atoms with Crippen molar-refractivity contribution in [1.29, 1.82) is 0 Å². The second-order valence-electron chi connectivity index (χ2n) is 9.89. The third-order valence-corrected chi connectivity index (χ3v) is 7.94. The summed E-state index contributed by atoms with van der Waals surface area (Å²) < 4.78 is 24.5. The molecule has 1 aromatic heterocycles. The van der Waals surface area contributed by atoms with Crippen LogP contribution in [-0.4, -0.2) is 37.5 Å². The average Bonchev–Trinajstić information content (AvgIpc) is 3.31. The van der Waals surface area contributed by atoms with E-state index in [1.165, 1.54) is 23.0 Å². The van der Waals surface area contributed by atoms with E-state index in [1.807, 2.05) is 50.2 Å². The van der Waals surface area contributed by atoms with Gasteiger partial charge in [-0.3, -0.25) is 9.36 Å². The zero-order chi connectivity index (χ0) is 30.7. The van der Waals surface area contributed by atoms with Crippen LogP contribution in [0, 0.1) is 0 Å². The van der Waals surface area contributed by atoms with E-state index in [1.54, 1.807) is 50.4 Å². The van der Waals surface area contributed by atoms with Crippen LogP contribution in [0.4, 0.5) is 0 Å². The Hall–Kier alpha value is -4.34. The predicted octanol–water partition coefficient (Wildman–Crippen LogP) is 5.39. The van der Waals surface area contributed by atoms with Gasteiger partial charge in [0.05, 0.1) is 48.8 Å². The van der Waals surface area contributed by atoms with E-state index in [2.05, 4.69) is 0 Å². The maximum absolute atomic E-state index is 14.2. The highest BCUT2D eigenvalue weighted by Crippen LogP contribution is 2.38. The summed E-state index contributed by atoms with van der Waals surface area (Å²) in [4.78, 5) is 33.3. The molecule has 10 heteroatoms. The summed E-state index contributed by atoms with van der Waals surface area (Å²) in [5, 5.41) is 0.509. The molecule has 43 heavy (non-hydrogen) atoms. The molecule has 1 atom stereocenters. The van der Waals surface area contributed by atoms with Crippen LogP contribution in [0.3, 0.4) is 0 Å². The number of ether oxygens (including phenoxy) is 4. The zero-order valence-electron chi connectivity index (χ0n) is 24.4. The lowest BCUT2D eigenvalue weighted by molar-refractivity contribution is -0.138. The lowest BCUT2D eigenvalue weighted by Crippen LogP contribution is -2.40. The summed E-state index contributed by atoms with van der Waals surface area (Å²) in [5.41, 5.74) is 2.35. The minimum atomic E-state index is -0.863. The van der Waals surface area contributed by atoms with Crippen molar-refractivity contribution in [1.82, 2.24) is 4.57 Å². The summed E-state index contributed by atoms with van der Waals surface area (Å²) in [7, 11) is 3.08. The molecule has 0 fully saturated rings. The van der Waals surface area contributed by atoms with Gasteiger partial charge in [0, 0.05) is 16.1 Å². The summed E-state index contributed by atoms with van der Waals surface area (Å²) in [6.07, 6.45) is 1.66. The molecule has 3 aromatic carbocycles. The number of aromatic nitrogens is 1. The summed E-state index contributed by atoms with van der Waals surface area (Å²) in [6.45, 7) is 5.75. The van der Waals surface area contributed by atoms with Crippen molar-refractivity contribution in [2.75, 3.05) is 20.8 Å². The van der Waals surface area contributed by atoms with E-state index in [-0.39, 0.29) is 23.8 Å². The van der Waals surface area contributed by atoms with Gasteiger partial charge in [-0.25, -0.2) is 9.79 Å². The van der Waals surface area contributed by atoms with Crippen LogP contribution in [0.2, 0.25) is 5.02 Å². The number of esters is 1. The van der Waals surface area contributed by atoms with Crippen molar-refractivity contribution < 1.29 is 23.7 Å². The molecule has 0 N–H and O–H groups in total. The zero-order valence-corrected chi connectivity index (χ0v) is 26.0. The van der Waals surface area contributed by atoms with Crippen molar-refractivity contribution in [3.05, 3.63) is 114 Å². The third-order valence-electron chi connectivity index (χ3n) is 6.72. The highest BCUT2D eigenvalue weighted by molar-refractivity contribution is 7.07. The van der Waals surface area contributed by atoms with Gasteiger partial charge in [-0.05, 0) is 62.7 Å². The molecule has 5 rings (SSSR count). The van der Waals surface area contributed by atoms with Crippen molar-refractivity contribution >= 4 is 40.7 Å². The molecule has 0 bridgehead atoms. The fourth-order valence-corrected chi connectivity index (χ4v) is 6.09. The Morgan fingerprint density at radius 2 is 1.74 bits per heavy atom. The van der Waals surface area contributed by atoms with Crippen molar-refractivity contribution in [2.24, 2.45) is 4.99 Å². The standard InChI is InChI=1S/C33H31ClN2O6S/c1-6-41-32(38)28-29(20-10-8-7-9-11-20)35-33-36(30(28)21-12-14-25(39-4)26(17-21)40-5)31(37)27(43-33)18-22-16-23(34)13-15-24(22)42-19(2)3/h7-19,30H,6H2,1-5H3/b27-18-/t30-/m0/s1. The highest BCUT2D eigenvalue weighted by atomic mass is 35.5. The van der Waals surface area contributed by atoms with Gasteiger partial charge in [-0.15, -0.1) is 0 Å². The summed E-state index contributed by atoms with van der Waals surface area (Å²) in [6, 6.07) is 19.1. The van der Waals surface area contributed by atoms with Crippen molar-refractivity contribution in [2.45, 2.75) is 32.9 Å². The van der Waals surface area contributed by atoms with Gasteiger partial charge in [-0.1, -0.05) is 59.3 Å². The number of nitrogens with zero attached hydrogens (tertiary/aromatic N) is 2. The first kappa shape index (κ1) is 30.1. The van der Waals surface area contributed by atoms with E-state index >= 15 is 0 Å². The maximum atomic E-state index is 14.2. The Morgan fingerprint density at radius 3 is 2.42 bits per heavy atom. The molecule has 4 aromatic rings. The normalized spacial score (nSPS) is 14.8. The first-order chi connectivity index (χ1) is 20.7. The number of benzene rings is 3. The molecule has 0 unspecified atom stereocenters. The third kappa shape index (κ3) is 6.09. The van der Waals surface area contributed by atoms with Crippen LogP contribution in [0.1, 0.15) is 43.5 Å². The number of hydrogen-bond acceptors (Lipinski definition) is 8. The van der Waals surface area contributed by atoms with Crippen LogP contribution < -0.4 is 29.1 Å². The second-order valence-corrected chi connectivity index (χ2v) is 11.3. The smallest absolute Gasteiger partial charge is 0.338 e. The molecule has 222 valence electrons. The molecular formula is C33H31ClN2O6S. The molecule has 0 radical (unpaired) electrons. The van der Waals surface area contributed by atoms with E-state index in [0.29, 0.717) is 48.4 Å². The Bertz CT molecular complexity index is 1880. The maximum Gasteiger partial charge on any atom is 0.338 e. The number of halogens is 1. The molecule has 8 nitrogen and oxygen atoms in total. The molecule has 0 amide bonds. The SMILES string of the molecule is CCOC(=O)C1=C(c2ccccc2)N=c2s/c(=C\c3cc(Cl)ccc3OC(C)C)c(=O)n2[C@H]1c1ccc(OC)c(OC)c1. The van der Waals surface area contributed by atoms with Gasteiger partial charge in [0.15, 0.2) is 16.3 Å². The van der Waals surface area contributed by atoms with Crippen molar-refractivity contribution in [3.63, 3.8) is 0 Å². The number of hydrogen-bond donors (Lipinski definition) is 0. The molecule has 0 saturated carbocycles. The molecule has 0 aliphatic carbocycles. The van der Waals surface area contributed by atoms with Gasteiger partial charge >= 0.3 is 5.97 Å². The fraction of sp³-hybridized carbons (Fsp3) is 0.242. The van der Waals surface area contributed by atoms with Crippen LogP contribution in [0.15, 0.2) is 82.1 Å². The first-order valence-electron chi connectivity index (χ1n) is 13.7. The Kier molecular flexibility index (Phi) is 9.03. The molecule has 2 heterocycles. The number of carbonyl (C=O) groups excluding carboxylic acids is 1.